The van der Waals surface area contributed by atoms with Gasteiger partial charge in [-0.2, -0.15) is 0 Å². The standard InChI is InChI=1S/C16H15FINO2/c1-10(11-6-7-15(21-2)14(17)9-11)19-16(20)12-4-3-5-13(18)8-12/h3-10H,1-2H3,(H,19,20)/t10-/m1/s1. The number of rotatable bonds is 4. The summed E-state index contributed by atoms with van der Waals surface area (Å²) < 4.78 is 19.6. The molecule has 0 spiro atoms. The molecule has 0 aromatic heterocycles. The van der Waals surface area contributed by atoms with Crippen molar-refractivity contribution in [3.05, 3.63) is 63.0 Å². The Balaban J connectivity index is 2.12. The SMILES string of the molecule is COc1ccc([C@@H](C)NC(=O)c2cccc(I)c2)cc1F. The van der Waals surface area contributed by atoms with E-state index in [0.717, 1.165) is 3.57 Å². The van der Waals surface area contributed by atoms with E-state index in [1.54, 1.807) is 24.3 Å². The first-order valence-electron chi connectivity index (χ1n) is 6.41. The van der Waals surface area contributed by atoms with Gasteiger partial charge >= 0.3 is 0 Å². The predicted octanol–water partition coefficient (Wildman–Crippen LogP) is 3.93. The number of carbonyl (C=O) groups excluding carboxylic acids is 1. The van der Waals surface area contributed by atoms with Gasteiger partial charge < -0.3 is 10.1 Å². The van der Waals surface area contributed by atoms with E-state index in [9.17, 15) is 9.18 Å². The molecular weight excluding hydrogens is 384 g/mol. The van der Waals surface area contributed by atoms with Gasteiger partial charge in [-0.3, -0.25) is 4.79 Å². The minimum Gasteiger partial charge on any atom is -0.494 e. The molecule has 110 valence electrons. The van der Waals surface area contributed by atoms with Crippen LogP contribution in [-0.2, 0) is 0 Å². The third-order valence-corrected chi connectivity index (χ3v) is 3.78. The zero-order valence-electron chi connectivity index (χ0n) is 11.7. The molecule has 1 amide bonds. The highest BCUT2D eigenvalue weighted by Gasteiger charge is 2.13. The van der Waals surface area contributed by atoms with Crippen LogP contribution in [0.1, 0.15) is 28.9 Å². The molecule has 1 atom stereocenters. The zero-order chi connectivity index (χ0) is 15.4. The fourth-order valence-electron chi connectivity index (χ4n) is 1.94. The monoisotopic (exact) mass is 399 g/mol. The molecule has 21 heavy (non-hydrogen) atoms. The van der Waals surface area contributed by atoms with Crippen LogP contribution in [0.3, 0.4) is 0 Å². The van der Waals surface area contributed by atoms with Crippen LogP contribution in [0.15, 0.2) is 42.5 Å². The summed E-state index contributed by atoms with van der Waals surface area (Å²) in [6, 6.07) is 11.7. The number of amides is 1. The lowest BCUT2D eigenvalue weighted by Crippen LogP contribution is -2.26. The highest BCUT2D eigenvalue weighted by Crippen LogP contribution is 2.22. The number of benzene rings is 2. The van der Waals surface area contributed by atoms with Gasteiger partial charge in [0.1, 0.15) is 0 Å². The van der Waals surface area contributed by atoms with Crippen LogP contribution < -0.4 is 10.1 Å². The maximum Gasteiger partial charge on any atom is 0.251 e. The van der Waals surface area contributed by atoms with Crippen molar-refractivity contribution in [2.45, 2.75) is 13.0 Å². The van der Waals surface area contributed by atoms with Crippen LogP contribution in [0.4, 0.5) is 4.39 Å². The molecule has 0 aliphatic heterocycles. The minimum absolute atomic E-state index is 0.183. The van der Waals surface area contributed by atoms with Crippen molar-refractivity contribution in [2.75, 3.05) is 7.11 Å². The predicted molar refractivity (Wildman–Crippen MR) is 88.0 cm³/mol. The summed E-state index contributed by atoms with van der Waals surface area (Å²) in [5.41, 5.74) is 1.27. The molecule has 0 unspecified atom stereocenters. The second-order valence-electron chi connectivity index (χ2n) is 4.60. The highest BCUT2D eigenvalue weighted by molar-refractivity contribution is 14.1. The summed E-state index contributed by atoms with van der Waals surface area (Å²) in [7, 11) is 1.42. The lowest BCUT2D eigenvalue weighted by Gasteiger charge is -2.15. The molecule has 0 radical (unpaired) electrons. The summed E-state index contributed by atoms with van der Waals surface area (Å²) >= 11 is 2.15. The topological polar surface area (TPSA) is 38.3 Å². The number of nitrogens with one attached hydrogen (secondary N) is 1. The van der Waals surface area contributed by atoms with Gasteiger partial charge in [0.2, 0.25) is 0 Å². The van der Waals surface area contributed by atoms with Gasteiger partial charge in [-0.1, -0.05) is 12.1 Å². The summed E-state index contributed by atoms with van der Waals surface area (Å²) in [4.78, 5) is 12.2. The molecule has 0 saturated heterocycles. The zero-order valence-corrected chi connectivity index (χ0v) is 13.8. The smallest absolute Gasteiger partial charge is 0.251 e. The van der Waals surface area contributed by atoms with E-state index in [1.165, 1.54) is 13.2 Å². The molecule has 2 rings (SSSR count). The van der Waals surface area contributed by atoms with Gasteiger partial charge in [-0.25, -0.2) is 4.39 Å². The summed E-state index contributed by atoms with van der Waals surface area (Å²) in [5.74, 6) is -0.433. The molecule has 0 aliphatic rings. The maximum absolute atomic E-state index is 13.7. The van der Waals surface area contributed by atoms with E-state index in [0.29, 0.717) is 11.1 Å². The second kappa shape index (κ2) is 6.89. The lowest BCUT2D eigenvalue weighted by molar-refractivity contribution is 0.0939. The number of halogens is 2. The van der Waals surface area contributed by atoms with Crippen molar-refractivity contribution < 1.29 is 13.9 Å². The van der Waals surface area contributed by atoms with Crippen LogP contribution >= 0.6 is 22.6 Å². The van der Waals surface area contributed by atoms with E-state index in [1.807, 2.05) is 19.1 Å². The second-order valence-corrected chi connectivity index (χ2v) is 5.85. The van der Waals surface area contributed by atoms with Gasteiger partial charge in [-0.15, -0.1) is 0 Å². The van der Waals surface area contributed by atoms with Crippen LogP contribution in [0.5, 0.6) is 5.75 Å². The van der Waals surface area contributed by atoms with Crippen molar-refractivity contribution >= 4 is 28.5 Å². The fourth-order valence-corrected chi connectivity index (χ4v) is 2.49. The van der Waals surface area contributed by atoms with E-state index >= 15 is 0 Å². The Kier molecular flexibility index (Phi) is 5.17. The first-order valence-corrected chi connectivity index (χ1v) is 7.49. The quantitative estimate of drug-likeness (QED) is 0.792. The normalized spacial score (nSPS) is 11.8. The molecule has 2 aromatic rings. The maximum atomic E-state index is 13.7. The minimum atomic E-state index is -0.439. The first kappa shape index (κ1) is 15.8. The molecule has 2 aromatic carbocycles. The third kappa shape index (κ3) is 3.93. The van der Waals surface area contributed by atoms with Crippen molar-refractivity contribution in [1.29, 1.82) is 0 Å². The van der Waals surface area contributed by atoms with Crippen molar-refractivity contribution in [2.24, 2.45) is 0 Å². The molecule has 0 bridgehead atoms. The van der Waals surface area contributed by atoms with Crippen LogP contribution in [0.2, 0.25) is 0 Å². The summed E-state index contributed by atoms with van der Waals surface area (Å²) in [5, 5.41) is 2.85. The van der Waals surface area contributed by atoms with Gasteiger partial charge in [0.15, 0.2) is 11.6 Å². The Morgan fingerprint density at radius 1 is 1.29 bits per heavy atom. The number of methoxy groups -OCH3 is 1. The van der Waals surface area contributed by atoms with Crippen LogP contribution in [0.25, 0.3) is 0 Å². The molecule has 0 fully saturated rings. The number of carbonyl (C=O) groups is 1. The van der Waals surface area contributed by atoms with Crippen LogP contribution in [-0.4, -0.2) is 13.0 Å². The van der Waals surface area contributed by atoms with E-state index in [4.69, 9.17) is 4.74 Å². The average molecular weight is 399 g/mol. The third-order valence-electron chi connectivity index (χ3n) is 3.11. The fraction of sp³-hybridized carbons (Fsp3) is 0.188. The molecule has 1 N–H and O–H groups in total. The summed E-state index contributed by atoms with van der Waals surface area (Å²) in [6.07, 6.45) is 0. The number of ether oxygens (including phenoxy) is 1. The number of hydrogen-bond acceptors (Lipinski definition) is 2. The van der Waals surface area contributed by atoms with E-state index < -0.39 is 5.82 Å². The molecule has 0 aliphatic carbocycles. The van der Waals surface area contributed by atoms with Crippen LogP contribution in [0, 0.1) is 9.39 Å². The Labute approximate surface area is 136 Å². The average Bonchev–Trinajstić information content (AvgIpc) is 2.47. The van der Waals surface area contributed by atoms with E-state index in [2.05, 4.69) is 27.9 Å². The van der Waals surface area contributed by atoms with Gasteiger partial charge in [-0.05, 0) is 65.4 Å². The Morgan fingerprint density at radius 2 is 2.05 bits per heavy atom. The molecule has 5 heteroatoms. The van der Waals surface area contributed by atoms with E-state index in [-0.39, 0.29) is 17.7 Å². The largest absolute Gasteiger partial charge is 0.494 e. The van der Waals surface area contributed by atoms with Gasteiger partial charge in [0, 0.05) is 9.13 Å². The lowest BCUT2D eigenvalue weighted by atomic mass is 10.1. The molecule has 0 heterocycles. The van der Waals surface area contributed by atoms with Crippen molar-refractivity contribution in [1.82, 2.24) is 5.32 Å². The van der Waals surface area contributed by atoms with Crippen molar-refractivity contribution in [3.63, 3.8) is 0 Å². The number of hydrogen-bond donors (Lipinski definition) is 1. The molecule has 0 saturated carbocycles. The van der Waals surface area contributed by atoms with Gasteiger partial charge in [0.25, 0.3) is 5.91 Å². The Hall–Kier alpha value is -1.63. The Bertz CT molecular complexity index is 660. The molecular formula is C16H15FINO2. The molecule has 3 nitrogen and oxygen atoms in total. The van der Waals surface area contributed by atoms with Gasteiger partial charge in [0.05, 0.1) is 13.2 Å². The summed E-state index contributed by atoms with van der Waals surface area (Å²) in [6.45, 7) is 1.81. The first-order chi connectivity index (χ1) is 10.0. The Morgan fingerprint density at radius 3 is 2.67 bits per heavy atom. The highest BCUT2D eigenvalue weighted by atomic mass is 127. The van der Waals surface area contributed by atoms with Crippen molar-refractivity contribution in [3.8, 4) is 5.75 Å².